The van der Waals surface area contributed by atoms with Crippen LogP contribution in [0.5, 0.6) is 0 Å². The molecule has 0 atom stereocenters. The molecular formula is C19H18FN5O2S. The Hall–Kier alpha value is -3.33. The molecule has 1 aromatic heterocycles. The number of anilines is 2. The minimum Gasteiger partial charge on any atom is -0.332 e. The van der Waals surface area contributed by atoms with Crippen LogP contribution in [0.4, 0.5) is 21.5 Å². The van der Waals surface area contributed by atoms with E-state index in [1.54, 1.807) is 35.0 Å². The Bertz CT molecular complexity index is 1050. The number of rotatable bonds is 5. The topological polar surface area (TPSA) is 85.0 Å². The maximum Gasteiger partial charge on any atom is 0.271 e. The predicted molar refractivity (Wildman–Crippen MR) is 110 cm³/mol. The van der Waals surface area contributed by atoms with Crippen LogP contribution in [0, 0.1) is 29.8 Å². The second-order valence-electron chi connectivity index (χ2n) is 6.18. The zero-order chi connectivity index (χ0) is 20.3. The normalized spacial score (nSPS) is 10.5. The lowest BCUT2D eigenvalue weighted by molar-refractivity contribution is -0.384. The van der Waals surface area contributed by atoms with Crippen LogP contribution >= 0.6 is 12.2 Å². The number of nitrogens with one attached hydrogen (secondary N) is 2. The molecule has 2 N–H and O–H groups in total. The smallest absolute Gasteiger partial charge is 0.271 e. The molecular weight excluding hydrogens is 381 g/mol. The van der Waals surface area contributed by atoms with Crippen LogP contribution in [-0.2, 0) is 6.54 Å². The number of non-ortho nitro benzene ring substituents is 1. The molecule has 0 aliphatic carbocycles. The van der Waals surface area contributed by atoms with Crippen LogP contribution in [0.1, 0.15) is 17.0 Å². The average Bonchev–Trinajstić information content (AvgIpc) is 2.91. The van der Waals surface area contributed by atoms with Crippen LogP contribution in [0.3, 0.4) is 0 Å². The summed E-state index contributed by atoms with van der Waals surface area (Å²) in [5.41, 5.74) is 3.22. The first kappa shape index (κ1) is 19.4. The highest BCUT2D eigenvalue weighted by Gasteiger charge is 2.15. The summed E-state index contributed by atoms with van der Waals surface area (Å²) in [7, 11) is 0. The summed E-state index contributed by atoms with van der Waals surface area (Å²) >= 11 is 5.32. The largest absolute Gasteiger partial charge is 0.332 e. The van der Waals surface area contributed by atoms with Gasteiger partial charge < -0.3 is 10.6 Å². The third-order valence-electron chi connectivity index (χ3n) is 4.21. The molecule has 7 nitrogen and oxygen atoms in total. The summed E-state index contributed by atoms with van der Waals surface area (Å²) in [6.45, 7) is 3.98. The van der Waals surface area contributed by atoms with Gasteiger partial charge in [-0.05, 0) is 38.2 Å². The van der Waals surface area contributed by atoms with Crippen molar-refractivity contribution in [1.29, 1.82) is 0 Å². The van der Waals surface area contributed by atoms with Crippen LogP contribution in [-0.4, -0.2) is 19.8 Å². The fourth-order valence-corrected chi connectivity index (χ4v) is 3.01. The first-order valence-electron chi connectivity index (χ1n) is 8.45. The molecule has 144 valence electrons. The van der Waals surface area contributed by atoms with Crippen molar-refractivity contribution < 1.29 is 9.31 Å². The first-order chi connectivity index (χ1) is 13.3. The molecule has 0 saturated heterocycles. The highest BCUT2D eigenvalue weighted by molar-refractivity contribution is 7.80. The van der Waals surface area contributed by atoms with E-state index >= 15 is 0 Å². The first-order valence-corrected chi connectivity index (χ1v) is 8.86. The van der Waals surface area contributed by atoms with Gasteiger partial charge in [-0.25, -0.2) is 4.39 Å². The van der Waals surface area contributed by atoms with E-state index in [1.807, 2.05) is 13.8 Å². The Morgan fingerprint density at radius 1 is 1.21 bits per heavy atom. The maximum absolute atomic E-state index is 13.9. The number of nitrogens with zero attached hydrogens (tertiary/aromatic N) is 3. The van der Waals surface area contributed by atoms with Crippen molar-refractivity contribution in [3.63, 3.8) is 0 Å². The Balaban J connectivity index is 1.75. The standard InChI is InChI=1S/C19H18FN5O2S/c1-12-18(13(2)24(23-12)11-14-6-3-4-9-17(14)20)22-19(28)21-15-7-5-8-16(10-15)25(26)27/h3-10H,11H2,1-2H3,(H2,21,22,28). The van der Waals surface area contributed by atoms with E-state index in [2.05, 4.69) is 15.7 Å². The SMILES string of the molecule is Cc1nn(Cc2ccccc2F)c(C)c1NC(=S)Nc1cccc([N+](=O)[O-])c1. The van der Waals surface area contributed by atoms with Crippen molar-refractivity contribution in [1.82, 2.24) is 9.78 Å². The van der Waals surface area contributed by atoms with Gasteiger partial charge in [0, 0.05) is 23.4 Å². The van der Waals surface area contributed by atoms with Crippen LogP contribution < -0.4 is 10.6 Å². The molecule has 9 heteroatoms. The third-order valence-corrected chi connectivity index (χ3v) is 4.42. The number of aromatic nitrogens is 2. The molecule has 0 spiro atoms. The van der Waals surface area contributed by atoms with E-state index in [0.29, 0.717) is 29.2 Å². The number of halogens is 1. The quantitative estimate of drug-likeness (QED) is 0.376. The van der Waals surface area contributed by atoms with Crippen molar-refractivity contribution in [3.05, 3.63) is 81.4 Å². The molecule has 0 radical (unpaired) electrons. The van der Waals surface area contributed by atoms with Crippen molar-refractivity contribution >= 4 is 34.4 Å². The molecule has 3 rings (SSSR count). The van der Waals surface area contributed by atoms with Crippen LogP contribution in [0.2, 0.25) is 0 Å². The van der Waals surface area contributed by atoms with Crippen molar-refractivity contribution in [2.75, 3.05) is 10.6 Å². The molecule has 1 heterocycles. The van der Waals surface area contributed by atoms with Gasteiger partial charge in [0.1, 0.15) is 5.82 Å². The van der Waals surface area contributed by atoms with Crippen molar-refractivity contribution in [2.45, 2.75) is 20.4 Å². The minimum atomic E-state index is -0.470. The fourth-order valence-electron chi connectivity index (χ4n) is 2.79. The van der Waals surface area contributed by atoms with Gasteiger partial charge in [-0.2, -0.15) is 5.10 Å². The lowest BCUT2D eigenvalue weighted by Gasteiger charge is -2.11. The van der Waals surface area contributed by atoms with E-state index in [1.165, 1.54) is 18.2 Å². The molecule has 0 amide bonds. The van der Waals surface area contributed by atoms with Crippen LogP contribution in [0.25, 0.3) is 0 Å². The Labute approximate surface area is 166 Å². The second kappa shape index (κ2) is 8.13. The number of nitro groups is 1. The van der Waals surface area contributed by atoms with Gasteiger partial charge in [-0.1, -0.05) is 24.3 Å². The number of thiocarbonyl (C=S) groups is 1. The molecule has 0 aliphatic heterocycles. The van der Waals surface area contributed by atoms with Gasteiger partial charge in [0.2, 0.25) is 0 Å². The van der Waals surface area contributed by atoms with Gasteiger partial charge in [-0.3, -0.25) is 14.8 Å². The van der Waals surface area contributed by atoms with Crippen molar-refractivity contribution in [3.8, 4) is 0 Å². The van der Waals surface area contributed by atoms with Gasteiger partial charge in [-0.15, -0.1) is 0 Å². The lowest BCUT2D eigenvalue weighted by atomic mass is 10.2. The molecule has 28 heavy (non-hydrogen) atoms. The van der Waals surface area contributed by atoms with Gasteiger partial charge in [0.15, 0.2) is 5.11 Å². The minimum absolute atomic E-state index is 0.0298. The monoisotopic (exact) mass is 399 g/mol. The Morgan fingerprint density at radius 2 is 1.96 bits per heavy atom. The molecule has 0 bridgehead atoms. The number of aryl methyl sites for hydroxylation is 1. The number of benzene rings is 2. The van der Waals surface area contributed by atoms with Gasteiger partial charge in [0.25, 0.3) is 5.69 Å². The fraction of sp³-hybridized carbons (Fsp3) is 0.158. The van der Waals surface area contributed by atoms with E-state index in [-0.39, 0.29) is 16.6 Å². The maximum atomic E-state index is 13.9. The summed E-state index contributed by atoms with van der Waals surface area (Å²) in [4.78, 5) is 10.4. The summed E-state index contributed by atoms with van der Waals surface area (Å²) in [5.74, 6) is -0.285. The van der Waals surface area contributed by atoms with E-state index in [0.717, 1.165) is 5.69 Å². The van der Waals surface area contributed by atoms with Crippen LogP contribution in [0.15, 0.2) is 48.5 Å². The Morgan fingerprint density at radius 3 is 2.68 bits per heavy atom. The van der Waals surface area contributed by atoms with E-state index in [4.69, 9.17) is 12.2 Å². The number of hydrogen-bond donors (Lipinski definition) is 2. The summed E-state index contributed by atoms with van der Waals surface area (Å²) in [6, 6.07) is 12.6. The van der Waals surface area contributed by atoms with Gasteiger partial charge >= 0.3 is 0 Å². The average molecular weight is 399 g/mol. The number of nitro benzene ring substituents is 1. The molecule has 0 fully saturated rings. The molecule has 2 aromatic carbocycles. The molecule has 0 unspecified atom stereocenters. The number of hydrogen-bond acceptors (Lipinski definition) is 4. The third kappa shape index (κ3) is 4.32. The zero-order valence-electron chi connectivity index (χ0n) is 15.3. The van der Waals surface area contributed by atoms with Crippen molar-refractivity contribution in [2.24, 2.45) is 0 Å². The van der Waals surface area contributed by atoms with E-state index in [9.17, 15) is 14.5 Å². The highest BCUT2D eigenvalue weighted by atomic mass is 32.1. The van der Waals surface area contributed by atoms with Gasteiger partial charge in [0.05, 0.1) is 28.5 Å². The molecule has 0 aliphatic rings. The molecule has 3 aromatic rings. The Kier molecular flexibility index (Phi) is 5.65. The lowest BCUT2D eigenvalue weighted by Crippen LogP contribution is -2.20. The van der Waals surface area contributed by atoms with E-state index < -0.39 is 4.92 Å². The summed E-state index contributed by atoms with van der Waals surface area (Å²) < 4.78 is 15.6. The summed E-state index contributed by atoms with van der Waals surface area (Å²) in [6.07, 6.45) is 0. The zero-order valence-corrected chi connectivity index (χ0v) is 16.1. The summed E-state index contributed by atoms with van der Waals surface area (Å²) in [5, 5.41) is 21.6. The highest BCUT2D eigenvalue weighted by Crippen LogP contribution is 2.22. The molecule has 0 saturated carbocycles. The predicted octanol–water partition coefficient (Wildman–Crippen LogP) is 4.40. The second-order valence-corrected chi connectivity index (χ2v) is 6.59.